The molecule has 7 nitrogen and oxygen atoms in total. The van der Waals surface area contributed by atoms with Gasteiger partial charge in [0, 0.05) is 16.5 Å². The Balaban J connectivity index is 2.34. The molecule has 1 rings (SSSR count). The van der Waals surface area contributed by atoms with Gasteiger partial charge in [-0.25, -0.2) is 9.59 Å². The minimum atomic E-state index is -2.93. The average molecular weight is 423 g/mol. The molecule has 0 spiro atoms. The van der Waals surface area contributed by atoms with Crippen molar-refractivity contribution in [1.29, 1.82) is 0 Å². The van der Waals surface area contributed by atoms with E-state index in [2.05, 4.69) is 0 Å². The smallest absolute Gasteiger partial charge is 0.339 e. The zero-order valence-corrected chi connectivity index (χ0v) is 16.2. The maximum absolute atomic E-state index is 11.1. The van der Waals surface area contributed by atoms with Gasteiger partial charge in [-0.15, -0.1) is 0 Å². The number of aliphatic hydroxyl groups excluding tert-OH is 2. The number of carboxylic acids is 2. The summed E-state index contributed by atoms with van der Waals surface area (Å²) in [6, 6.07) is 5.33. The summed E-state index contributed by atoms with van der Waals surface area (Å²) < 4.78 is 0. The van der Waals surface area contributed by atoms with Crippen molar-refractivity contribution in [3.8, 4) is 0 Å². The second kappa shape index (κ2) is 10.8. The molecule has 0 fully saturated rings. The highest BCUT2D eigenvalue weighted by Crippen LogP contribution is 2.24. The molecule has 0 saturated carbocycles. The van der Waals surface area contributed by atoms with Gasteiger partial charge >= 0.3 is 11.9 Å². The van der Waals surface area contributed by atoms with Crippen molar-refractivity contribution in [2.45, 2.75) is 62.8 Å². The van der Waals surface area contributed by atoms with Gasteiger partial charge in [0.2, 0.25) is 5.60 Å². The third-order valence-corrected chi connectivity index (χ3v) is 4.94. The van der Waals surface area contributed by atoms with E-state index in [9.17, 15) is 24.9 Å². The van der Waals surface area contributed by atoms with Gasteiger partial charge in [0.05, 0.1) is 6.10 Å². The quantitative estimate of drug-likeness (QED) is 0.326. The van der Waals surface area contributed by atoms with E-state index in [4.69, 9.17) is 33.4 Å². The van der Waals surface area contributed by atoms with Crippen LogP contribution in [0.2, 0.25) is 10.0 Å². The molecule has 27 heavy (non-hydrogen) atoms. The Morgan fingerprint density at radius 3 is 2.22 bits per heavy atom. The number of carboxylic acid groups (broad SMARTS) is 2. The van der Waals surface area contributed by atoms with Gasteiger partial charge in [-0.2, -0.15) is 0 Å². The maximum atomic E-state index is 11.1. The Bertz CT molecular complexity index is 653. The van der Waals surface area contributed by atoms with Crippen LogP contribution in [0, 0.1) is 0 Å². The maximum Gasteiger partial charge on any atom is 0.339 e. The fourth-order valence-corrected chi connectivity index (χ4v) is 3.26. The minimum Gasteiger partial charge on any atom is -0.479 e. The van der Waals surface area contributed by atoms with Crippen LogP contribution in [-0.2, 0) is 16.0 Å². The summed E-state index contributed by atoms with van der Waals surface area (Å²) in [5.41, 5.74) is -1.94. The molecule has 0 bridgehead atoms. The number of aliphatic carboxylic acids is 2. The molecule has 0 aromatic heterocycles. The van der Waals surface area contributed by atoms with Crippen LogP contribution in [-0.4, -0.2) is 55.3 Å². The second-order valence-corrected chi connectivity index (χ2v) is 7.36. The zero-order valence-electron chi connectivity index (χ0n) is 14.6. The Morgan fingerprint density at radius 1 is 1.04 bits per heavy atom. The van der Waals surface area contributed by atoms with Crippen LogP contribution in [0.25, 0.3) is 0 Å². The zero-order chi connectivity index (χ0) is 20.6. The number of aliphatic hydroxyl groups is 3. The fraction of sp³-hybridized carbons (Fsp3) is 0.556. The SMILES string of the molecule is O=C(O)[C@@H](O)[C@](O)(C[C@@H](O)CCCCCCc1ccc(Cl)cc1Cl)C(=O)O. The molecule has 1 aromatic rings. The van der Waals surface area contributed by atoms with Crippen molar-refractivity contribution in [2.24, 2.45) is 0 Å². The van der Waals surface area contributed by atoms with Gasteiger partial charge in [0.15, 0.2) is 6.10 Å². The molecule has 9 heteroatoms. The summed E-state index contributed by atoms with van der Waals surface area (Å²) in [6.07, 6.45) is -0.522. The fourth-order valence-electron chi connectivity index (χ4n) is 2.75. The monoisotopic (exact) mass is 422 g/mol. The molecule has 0 amide bonds. The summed E-state index contributed by atoms with van der Waals surface area (Å²) in [5, 5.41) is 48.1. The molecule has 0 aliphatic heterocycles. The number of carbonyl (C=O) groups is 2. The first kappa shape index (κ1) is 23.7. The highest BCUT2D eigenvalue weighted by Gasteiger charge is 2.48. The van der Waals surface area contributed by atoms with E-state index in [-0.39, 0.29) is 6.42 Å². The van der Waals surface area contributed by atoms with E-state index in [1.165, 1.54) is 0 Å². The summed E-state index contributed by atoms with van der Waals surface area (Å²) in [5.74, 6) is -3.76. The number of aryl methyl sites for hydroxylation is 1. The van der Waals surface area contributed by atoms with Crippen LogP contribution in [0.4, 0.5) is 0 Å². The molecule has 5 N–H and O–H groups in total. The van der Waals surface area contributed by atoms with Gasteiger partial charge in [0.25, 0.3) is 0 Å². The van der Waals surface area contributed by atoms with Crippen molar-refractivity contribution in [3.63, 3.8) is 0 Å². The Labute approximate surface area is 167 Å². The predicted molar refractivity (Wildman–Crippen MR) is 100 cm³/mol. The highest BCUT2D eigenvalue weighted by molar-refractivity contribution is 6.35. The van der Waals surface area contributed by atoms with Crippen LogP contribution in [0.1, 0.15) is 44.1 Å². The van der Waals surface area contributed by atoms with Crippen molar-refractivity contribution in [3.05, 3.63) is 33.8 Å². The van der Waals surface area contributed by atoms with Crippen LogP contribution >= 0.6 is 23.2 Å². The van der Waals surface area contributed by atoms with E-state index in [0.717, 1.165) is 31.2 Å². The first-order chi connectivity index (χ1) is 12.6. The lowest BCUT2D eigenvalue weighted by molar-refractivity contribution is -0.187. The van der Waals surface area contributed by atoms with Crippen molar-refractivity contribution >= 4 is 35.1 Å². The molecule has 1 aromatic carbocycles. The largest absolute Gasteiger partial charge is 0.479 e. The average Bonchev–Trinajstić information content (AvgIpc) is 2.58. The third kappa shape index (κ3) is 7.27. The molecule has 0 heterocycles. The van der Waals surface area contributed by atoms with Crippen LogP contribution < -0.4 is 0 Å². The molecule has 0 saturated heterocycles. The number of unbranched alkanes of at least 4 members (excludes halogenated alkanes) is 3. The first-order valence-electron chi connectivity index (χ1n) is 8.56. The van der Waals surface area contributed by atoms with Gasteiger partial charge in [-0.1, -0.05) is 48.5 Å². The number of benzene rings is 1. The van der Waals surface area contributed by atoms with Gasteiger partial charge < -0.3 is 25.5 Å². The summed E-state index contributed by atoms with van der Waals surface area (Å²) in [4.78, 5) is 21.8. The molecule has 0 radical (unpaired) electrons. The normalized spacial score (nSPS) is 15.7. The van der Waals surface area contributed by atoms with Gasteiger partial charge in [-0.05, 0) is 37.0 Å². The molecule has 0 unspecified atom stereocenters. The third-order valence-electron chi connectivity index (χ3n) is 4.35. The van der Waals surface area contributed by atoms with Crippen LogP contribution in [0.5, 0.6) is 0 Å². The summed E-state index contributed by atoms with van der Waals surface area (Å²) >= 11 is 11.9. The summed E-state index contributed by atoms with van der Waals surface area (Å²) in [6.45, 7) is 0. The topological polar surface area (TPSA) is 135 Å². The van der Waals surface area contributed by atoms with Gasteiger partial charge in [0.1, 0.15) is 0 Å². The molecule has 3 atom stereocenters. The first-order valence-corrected chi connectivity index (χ1v) is 9.32. The van der Waals surface area contributed by atoms with Crippen molar-refractivity contribution in [1.82, 2.24) is 0 Å². The van der Waals surface area contributed by atoms with Gasteiger partial charge in [-0.3, -0.25) is 0 Å². The van der Waals surface area contributed by atoms with Crippen molar-refractivity contribution in [2.75, 3.05) is 0 Å². The minimum absolute atomic E-state index is 0.184. The predicted octanol–water partition coefficient (Wildman–Crippen LogP) is 2.50. The van der Waals surface area contributed by atoms with E-state index in [1.54, 1.807) is 12.1 Å². The lowest BCUT2D eigenvalue weighted by Gasteiger charge is -2.28. The second-order valence-electron chi connectivity index (χ2n) is 6.52. The van der Waals surface area contributed by atoms with E-state index in [1.807, 2.05) is 6.07 Å². The van der Waals surface area contributed by atoms with E-state index >= 15 is 0 Å². The molecular formula is C18H24Cl2O7. The molecule has 0 aliphatic carbocycles. The number of hydrogen-bond acceptors (Lipinski definition) is 5. The Morgan fingerprint density at radius 2 is 1.67 bits per heavy atom. The van der Waals surface area contributed by atoms with Crippen LogP contribution in [0.3, 0.4) is 0 Å². The highest BCUT2D eigenvalue weighted by atomic mass is 35.5. The van der Waals surface area contributed by atoms with E-state index in [0.29, 0.717) is 16.5 Å². The molecule has 152 valence electrons. The molecular weight excluding hydrogens is 399 g/mol. The van der Waals surface area contributed by atoms with E-state index < -0.39 is 36.2 Å². The lowest BCUT2D eigenvalue weighted by atomic mass is 9.88. The van der Waals surface area contributed by atoms with Crippen LogP contribution in [0.15, 0.2) is 18.2 Å². The number of halogens is 2. The standard InChI is InChI=1S/C18H24Cl2O7/c19-12-8-7-11(14(20)9-12)5-3-1-2-4-6-13(21)10-18(27,17(25)26)15(22)16(23)24/h7-9,13,15,21-22,27H,1-6,10H2,(H,23,24)(H,25,26)/t13-,15+,18+/m0/s1. The summed E-state index contributed by atoms with van der Waals surface area (Å²) in [7, 11) is 0. The number of rotatable bonds is 12. The Kier molecular flexibility index (Phi) is 9.49. The molecule has 0 aliphatic rings. The lowest BCUT2D eigenvalue weighted by Crippen LogP contribution is -2.55. The number of hydrogen-bond donors (Lipinski definition) is 5. The Hall–Kier alpha value is -1.38. The van der Waals surface area contributed by atoms with Crippen molar-refractivity contribution < 1.29 is 35.1 Å².